The maximum Gasteiger partial charge on any atom is 0.472 e. The zero-order valence-electron chi connectivity index (χ0n) is 67.7. The first kappa shape index (κ1) is 95.5. The van der Waals surface area contributed by atoms with E-state index >= 15 is 14.4 Å². The summed E-state index contributed by atoms with van der Waals surface area (Å²) in [6.45, 7) is 23.5. The number of nitrogens with two attached hydrogens (primary N) is 1. The summed E-state index contributed by atoms with van der Waals surface area (Å²) >= 11 is 0. The highest BCUT2D eigenvalue weighted by atomic mass is 31.2. The van der Waals surface area contributed by atoms with E-state index in [0.29, 0.717) is 5.56 Å². The van der Waals surface area contributed by atoms with Crippen molar-refractivity contribution in [3.63, 3.8) is 0 Å². The molecule has 0 bridgehead atoms. The molecule has 2 aromatic carbocycles. The Morgan fingerprint density at radius 3 is 1.94 bits per heavy atom. The molecule has 2 saturated heterocycles. The number of cyclic esters (lactones) is 2. The Hall–Kier alpha value is -9.83. The molecule has 12 amide bonds. The number of phosphoric ester groups is 1. The Bertz CT molecular complexity index is 3820. The molecule has 2 aromatic rings. The van der Waals surface area contributed by atoms with Crippen molar-refractivity contribution in [1.29, 1.82) is 0 Å². The number of esters is 3. The van der Waals surface area contributed by atoms with Gasteiger partial charge in [-0.3, -0.25) is 76.3 Å². The van der Waals surface area contributed by atoms with Crippen LogP contribution >= 0.6 is 7.82 Å². The van der Waals surface area contributed by atoms with E-state index < -0.39 is 229 Å². The number of ketones is 2. The lowest BCUT2D eigenvalue weighted by Crippen LogP contribution is -2.63. The lowest BCUT2D eigenvalue weighted by Gasteiger charge is -2.39. The van der Waals surface area contributed by atoms with Gasteiger partial charge in [0.25, 0.3) is 11.8 Å². The fraction of sp³-hybridized carbons (Fsp3) is 0.610. The van der Waals surface area contributed by atoms with Crippen molar-refractivity contribution in [3.05, 3.63) is 78.0 Å². The SMILES string of the molecule is C=C1C(=O)N[C@@H](C)C(=O)N(C)[C@@H](C)C(=O)N[C@@H]([C@H](OC(=O)[C@@H](CC(=O)CC)[C@H](OP(=O)(O)OCc2ccc(NC(=O)[C@H](CCCNC(N)=O)CC(=O)[C@@H](NC(=O)CCN3C(=O)CC(C)C3=O)C(C)C)cc2)C(C)C)C(C)C)C(=O)N(C)[C@@H]([C@@H](C)OC)C(=O)O[C@H](C(C)C)[C@H](NC(C)=O)C(=O)O[C@H](Cc2ccccc2)C(=O)N1C. The molecule has 2 unspecified atom stereocenters. The second-order valence-corrected chi connectivity index (χ2v) is 31.2. The number of phosphoric acid groups is 1. The molecular weight excluding hydrogens is 1490 g/mol. The molecule has 2 heterocycles. The van der Waals surface area contributed by atoms with Crippen LogP contribution in [0, 0.1) is 41.4 Å². The monoisotopic (exact) mass is 1610 g/mol. The number of rotatable bonds is 34. The first-order valence-corrected chi connectivity index (χ1v) is 39.1. The second kappa shape index (κ2) is 44.0. The number of Topliss-reactive ketones (excluding diaryl/α,β-unsaturated/α-hetero) is 2. The van der Waals surface area contributed by atoms with Crippen molar-refractivity contribution < 1.29 is 114 Å². The minimum atomic E-state index is -5.30. The molecule has 0 spiro atoms. The van der Waals surface area contributed by atoms with Crippen LogP contribution in [-0.2, 0) is 118 Å². The number of amides is 12. The number of likely N-dealkylation sites (N-methyl/N-ethyl adjacent to an activating group) is 3. The number of hydrogen-bond donors (Lipinski definition) is 8. The molecule has 0 saturated carbocycles. The number of primary amides is 1. The van der Waals surface area contributed by atoms with Gasteiger partial charge in [-0.1, -0.05) is 118 Å². The van der Waals surface area contributed by atoms with Crippen LogP contribution in [0.15, 0.2) is 66.9 Å². The molecule has 2 fully saturated rings. The van der Waals surface area contributed by atoms with Gasteiger partial charge < -0.3 is 76.2 Å². The van der Waals surface area contributed by atoms with Gasteiger partial charge in [-0.05, 0) is 80.5 Å². The first-order valence-electron chi connectivity index (χ1n) is 37.6. The van der Waals surface area contributed by atoms with E-state index in [1.807, 2.05) is 0 Å². The van der Waals surface area contributed by atoms with Crippen LogP contribution in [0.4, 0.5) is 10.5 Å². The van der Waals surface area contributed by atoms with Gasteiger partial charge in [-0.15, -0.1) is 0 Å². The molecule has 113 heavy (non-hydrogen) atoms. The van der Waals surface area contributed by atoms with Gasteiger partial charge in [0.2, 0.25) is 47.3 Å². The van der Waals surface area contributed by atoms with E-state index in [2.05, 4.69) is 38.5 Å². The molecule has 0 aromatic heterocycles. The highest BCUT2D eigenvalue weighted by Gasteiger charge is 2.49. The van der Waals surface area contributed by atoms with Gasteiger partial charge in [0, 0.05) is 104 Å². The molecule has 2 aliphatic rings. The number of nitrogens with zero attached hydrogens (tertiary/aromatic N) is 4. The lowest BCUT2D eigenvalue weighted by molar-refractivity contribution is -0.177. The Kier molecular flexibility index (Phi) is 37.2. The molecule has 626 valence electrons. The Morgan fingerprint density at radius 2 is 1.40 bits per heavy atom. The predicted octanol–water partition coefficient (Wildman–Crippen LogP) is 3.70. The normalized spacial score (nSPS) is 22.4. The predicted molar refractivity (Wildman–Crippen MR) is 408 cm³/mol. The smallest absolute Gasteiger partial charge is 0.459 e. The van der Waals surface area contributed by atoms with E-state index in [-0.39, 0.29) is 69.3 Å². The number of carbonyl (C=O) groups is 16. The van der Waals surface area contributed by atoms with Crippen molar-refractivity contribution in [1.82, 2.24) is 46.2 Å². The van der Waals surface area contributed by atoms with E-state index in [1.54, 1.807) is 51.1 Å². The maximum absolute atomic E-state index is 15.7. The van der Waals surface area contributed by atoms with Gasteiger partial charge in [0.15, 0.2) is 24.0 Å². The van der Waals surface area contributed by atoms with Crippen molar-refractivity contribution in [2.24, 2.45) is 47.2 Å². The van der Waals surface area contributed by atoms with Crippen molar-refractivity contribution >= 4 is 108 Å². The van der Waals surface area contributed by atoms with Crippen molar-refractivity contribution in [2.45, 2.75) is 222 Å². The van der Waals surface area contributed by atoms with Crippen LogP contribution in [0.3, 0.4) is 0 Å². The number of imide groups is 1. The summed E-state index contributed by atoms with van der Waals surface area (Å²) in [7, 11) is -0.609. The van der Waals surface area contributed by atoms with Gasteiger partial charge in [0.05, 0.1) is 30.8 Å². The maximum atomic E-state index is 15.7. The quantitative estimate of drug-likeness (QED) is 0.0124. The third-order valence-corrected chi connectivity index (χ3v) is 20.5. The third-order valence-electron chi connectivity index (χ3n) is 19.6. The summed E-state index contributed by atoms with van der Waals surface area (Å²) in [5.74, 6) is -19.4. The lowest BCUT2D eigenvalue weighted by atomic mass is 9.88. The van der Waals surface area contributed by atoms with E-state index in [4.69, 9.17) is 33.7 Å². The van der Waals surface area contributed by atoms with E-state index in [9.17, 15) is 71.8 Å². The number of urea groups is 1. The van der Waals surface area contributed by atoms with E-state index in [1.165, 1.54) is 115 Å². The standard InChI is InChI=1S/C77H114N11O24P/c1-20-54(90)38-55(64(41(4)5)112-113(105,106)108-39-51-28-30-53(31-29-51)82-69(96)52(27-24-33-79-77(78)104)37-56(91)60(40(2)3)83-58(92)32-34-88-59(93)35-44(10)70(88)97)74(101)110-65(42(6)7)61-73(100)87(18)63(48(14)107-19)76(103)111-66(43(8)9)62(81-49(15)89)75(102)109-57(36-50-25-22-21-23-26-50)72(99)86(17)46(12)67(94)80-45(11)71(98)85(16)47(13)68(95)84-61/h21-23,25-26,28-31,40-45,47-48,52,55,57,60-66H,12,20,24,27,32-39H2,1-11,13-19H3,(H,80,94)(H,81,89)(H,82,96)(H,83,92)(H,84,95)(H,105,106)(H3,78,79,104)/t44?,45-,47-,48+,52+,55-,57+,60-,61-,62-,63-,64+,65+,66+/m0/s1. The van der Waals surface area contributed by atoms with Gasteiger partial charge in [-0.2, -0.15) is 0 Å². The van der Waals surface area contributed by atoms with Crippen molar-refractivity contribution in [3.8, 4) is 0 Å². The number of methoxy groups -OCH3 is 1. The topological polar surface area (TPSA) is 477 Å². The van der Waals surface area contributed by atoms with E-state index in [0.717, 1.165) is 33.6 Å². The summed E-state index contributed by atoms with van der Waals surface area (Å²) < 4.78 is 49.4. The summed E-state index contributed by atoms with van der Waals surface area (Å²) in [5, 5.41) is 15.4. The highest BCUT2D eigenvalue weighted by molar-refractivity contribution is 7.47. The number of benzene rings is 2. The Balaban J connectivity index is 1.72. The second-order valence-electron chi connectivity index (χ2n) is 29.8. The van der Waals surface area contributed by atoms with Crippen LogP contribution in [-0.4, -0.2) is 227 Å². The average Bonchev–Trinajstić information content (AvgIpc) is 1.48. The van der Waals surface area contributed by atoms with Gasteiger partial charge in [-0.25, -0.2) is 18.9 Å². The molecule has 2 aliphatic heterocycles. The van der Waals surface area contributed by atoms with Crippen LogP contribution in [0.1, 0.15) is 153 Å². The Morgan fingerprint density at radius 1 is 0.770 bits per heavy atom. The Labute approximate surface area is 659 Å². The molecule has 4 rings (SSSR count). The zero-order chi connectivity index (χ0) is 85.4. The summed E-state index contributed by atoms with van der Waals surface area (Å²) in [5.41, 5.74) is 5.65. The summed E-state index contributed by atoms with van der Waals surface area (Å²) in [6, 6.07) is 3.35. The number of hydrogen-bond acceptors (Lipinski definition) is 23. The molecular formula is C77H114N11O24P. The van der Waals surface area contributed by atoms with Crippen LogP contribution in [0.25, 0.3) is 0 Å². The first-order chi connectivity index (χ1) is 52.8. The molecule has 9 N–H and O–H groups in total. The largest absolute Gasteiger partial charge is 0.472 e. The van der Waals surface area contributed by atoms with Crippen molar-refractivity contribution in [2.75, 3.05) is 46.7 Å². The minimum Gasteiger partial charge on any atom is -0.459 e. The number of nitrogens with one attached hydrogen (secondary N) is 6. The molecule has 0 radical (unpaired) electrons. The number of ether oxygens (including phenoxy) is 4. The third kappa shape index (κ3) is 28.1. The highest BCUT2D eigenvalue weighted by Crippen LogP contribution is 2.48. The van der Waals surface area contributed by atoms with Crippen LogP contribution in [0.2, 0.25) is 0 Å². The van der Waals surface area contributed by atoms with Gasteiger partial charge in [0.1, 0.15) is 41.8 Å². The average molecular weight is 1610 g/mol. The number of likely N-dealkylation sites (tertiary alicyclic amines) is 1. The fourth-order valence-corrected chi connectivity index (χ4v) is 13.7. The minimum absolute atomic E-state index is 0.0249. The fourth-order valence-electron chi connectivity index (χ4n) is 12.6. The molecule has 0 aliphatic carbocycles. The molecule has 15 atom stereocenters. The van der Waals surface area contributed by atoms with Crippen LogP contribution < -0.4 is 37.6 Å². The number of anilines is 1. The molecule has 35 nitrogen and oxygen atoms in total. The number of carbonyl (C=O) groups excluding carboxylic acids is 16. The summed E-state index contributed by atoms with van der Waals surface area (Å²) in [4.78, 5) is 237. The van der Waals surface area contributed by atoms with Gasteiger partial charge >= 0.3 is 31.8 Å². The molecule has 36 heteroatoms. The summed E-state index contributed by atoms with van der Waals surface area (Å²) in [6.07, 6.45) is -9.67. The zero-order valence-corrected chi connectivity index (χ0v) is 68.6. The van der Waals surface area contributed by atoms with Crippen LogP contribution in [0.5, 0.6) is 0 Å².